The predicted octanol–water partition coefficient (Wildman–Crippen LogP) is 0.531. The molecule has 0 saturated heterocycles. The number of aliphatic carboxylic acids is 1. The highest BCUT2D eigenvalue weighted by atomic mass is 16.4. The van der Waals surface area contributed by atoms with Crippen molar-refractivity contribution in [2.75, 3.05) is 13.6 Å². The summed E-state index contributed by atoms with van der Waals surface area (Å²) in [6.45, 7) is 0.707. The van der Waals surface area contributed by atoms with E-state index in [2.05, 4.69) is 4.98 Å². The van der Waals surface area contributed by atoms with Crippen molar-refractivity contribution in [2.24, 2.45) is 0 Å². The van der Waals surface area contributed by atoms with Crippen LogP contribution in [0.4, 0.5) is 0 Å². The first-order valence-corrected chi connectivity index (χ1v) is 3.71. The standard InChI is InChI=1S/C8H12N2O2/c1-10(6-8(11)12)5-7-3-2-4-9-7/h2-4,9H,5-6H2,1H3,(H,11,12). The molecule has 2 N–H and O–H groups in total. The summed E-state index contributed by atoms with van der Waals surface area (Å²) in [5, 5.41) is 8.46. The summed E-state index contributed by atoms with van der Waals surface area (Å²) < 4.78 is 0. The van der Waals surface area contributed by atoms with Crippen molar-refractivity contribution in [3.63, 3.8) is 0 Å². The largest absolute Gasteiger partial charge is 0.480 e. The van der Waals surface area contributed by atoms with Gasteiger partial charge in [-0.3, -0.25) is 9.69 Å². The highest BCUT2D eigenvalue weighted by molar-refractivity contribution is 5.68. The highest BCUT2D eigenvalue weighted by Gasteiger charge is 2.04. The summed E-state index contributed by atoms with van der Waals surface area (Å²) in [7, 11) is 1.77. The molecule has 1 rings (SSSR count). The second kappa shape index (κ2) is 3.92. The Balaban J connectivity index is 2.36. The maximum absolute atomic E-state index is 10.3. The van der Waals surface area contributed by atoms with Crippen LogP contribution in [0.1, 0.15) is 5.69 Å². The van der Waals surface area contributed by atoms with Crippen LogP contribution in [0.5, 0.6) is 0 Å². The minimum Gasteiger partial charge on any atom is -0.480 e. The third-order valence-electron chi connectivity index (χ3n) is 1.51. The number of rotatable bonds is 4. The van der Waals surface area contributed by atoms with Gasteiger partial charge >= 0.3 is 5.97 Å². The number of nitrogens with one attached hydrogen (secondary N) is 1. The van der Waals surface area contributed by atoms with Gasteiger partial charge < -0.3 is 10.1 Å². The zero-order valence-electron chi connectivity index (χ0n) is 6.95. The summed E-state index contributed by atoms with van der Waals surface area (Å²) in [6.07, 6.45) is 1.82. The van der Waals surface area contributed by atoms with Crippen molar-refractivity contribution in [1.82, 2.24) is 9.88 Å². The van der Waals surface area contributed by atoms with Crippen LogP contribution in [0.15, 0.2) is 18.3 Å². The molecule has 4 heteroatoms. The lowest BCUT2D eigenvalue weighted by atomic mass is 10.4. The molecular weight excluding hydrogens is 156 g/mol. The number of aromatic nitrogens is 1. The van der Waals surface area contributed by atoms with Gasteiger partial charge in [-0.2, -0.15) is 0 Å². The fraction of sp³-hybridized carbons (Fsp3) is 0.375. The molecule has 1 aromatic rings. The Bertz CT molecular complexity index is 244. The van der Waals surface area contributed by atoms with Gasteiger partial charge in [0.2, 0.25) is 0 Å². The van der Waals surface area contributed by atoms with Crippen molar-refractivity contribution in [3.8, 4) is 0 Å². The second-order valence-electron chi connectivity index (χ2n) is 2.76. The number of carboxylic acids is 1. The topological polar surface area (TPSA) is 56.3 Å². The molecule has 0 saturated carbocycles. The molecule has 12 heavy (non-hydrogen) atoms. The quantitative estimate of drug-likeness (QED) is 0.689. The van der Waals surface area contributed by atoms with Crippen molar-refractivity contribution in [2.45, 2.75) is 6.54 Å². The molecule has 0 fully saturated rings. The molecule has 0 amide bonds. The van der Waals surface area contributed by atoms with Crippen molar-refractivity contribution in [3.05, 3.63) is 24.0 Å². The number of carbonyl (C=O) groups is 1. The van der Waals surface area contributed by atoms with Crippen LogP contribution < -0.4 is 0 Å². The SMILES string of the molecule is CN(CC(=O)O)Cc1ccc[nH]1. The summed E-state index contributed by atoms with van der Waals surface area (Å²) in [5.41, 5.74) is 1.03. The Labute approximate surface area is 70.8 Å². The van der Waals surface area contributed by atoms with Crippen molar-refractivity contribution in [1.29, 1.82) is 0 Å². The van der Waals surface area contributed by atoms with E-state index in [0.29, 0.717) is 6.54 Å². The molecule has 0 spiro atoms. The zero-order chi connectivity index (χ0) is 8.97. The van der Waals surface area contributed by atoms with E-state index in [0.717, 1.165) is 5.69 Å². The number of likely N-dealkylation sites (N-methyl/N-ethyl adjacent to an activating group) is 1. The third kappa shape index (κ3) is 2.75. The number of carboxylic acid groups (broad SMARTS) is 1. The molecular formula is C8H12N2O2. The van der Waals surface area contributed by atoms with E-state index in [4.69, 9.17) is 5.11 Å². The van der Waals surface area contributed by atoms with Crippen LogP contribution >= 0.6 is 0 Å². The van der Waals surface area contributed by atoms with Crippen LogP contribution in [0, 0.1) is 0 Å². The van der Waals surface area contributed by atoms with Crippen LogP contribution in [0.2, 0.25) is 0 Å². The summed E-state index contributed by atoms with van der Waals surface area (Å²) >= 11 is 0. The number of H-pyrrole nitrogens is 1. The molecule has 4 nitrogen and oxygen atoms in total. The average Bonchev–Trinajstić information content (AvgIpc) is 2.37. The van der Waals surface area contributed by atoms with Gasteiger partial charge in [-0.1, -0.05) is 0 Å². The molecule has 0 unspecified atom stereocenters. The van der Waals surface area contributed by atoms with Gasteiger partial charge in [0.15, 0.2) is 0 Å². The summed E-state index contributed by atoms with van der Waals surface area (Å²) in [6, 6.07) is 3.82. The van der Waals surface area contributed by atoms with E-state index in [9.17, 15) is 4.79 Å². The molecule has 1 aromatic heterocycles. The normalized spacial score (nSPS) is 10.5. The van der Waals surface area contributed by atoms with Gasteiger partial charge in [0, 0.05) is 18.4 Å². The monoisotopic (exact) mass is 168 g/mol. The van der Waals surface area contributed by atoms with E-state index in [1.807, 2.05) is 18.3 Å². The molecule has 66 valence electrons. The maximum Gasteiger partial charge on any atom is 0.317 e. The first-order valence-electron chi connectivity index (χ1n) is 3.71. The van der Waals surface area contributed by atoms with Gasteiger partial charge in [-0.05, 0) is 19.2 Å². The molecule has 0 aliphatic rings. The Kier molecular flexibility index (Phi) is 2.88. The van der Waals surface area contributed by atoms with Gasteiger partial charge in [0.25, 0.3) is 0 Å². The van der Waals surface area contributed by atoms with Crippen LogP contribution in [-0.2, 0) is 11.3 Å². The highest BCUT2D eigenvalue weighted by Crippen LogP contribution is 1.98. The Morgan fingerprint density at radius 2 is 2.50 bits per heavy atom. The number of nitrogens with zero attached hydrogens (tertiary/aromatic N) is 1. The average molecular weight is 168 g/mol. The van der Waals surface area contributed by atoms with E-state index in [1.54, 1.807) is 11.9 Å². The Hall–Kier alpha value is -1.29. The van der Waals surface area contributed by atoms with Gasteiger partial charge in [0.1, 0.15) is 0 Å². The first kappa shape index (κ1) is 8.80. The molecule has 1 heterocycles. The predicted molar refractivity (Wildman–Crippen MR) is 44.8 cm³/mol. The number of hydrogen-bond acceptors (Lipinski definition) is 2. The fourth-order valence-electron chi connectivity index (χ4n) is 1.04. The van der Waals surface area contributed by atoms with E-state index in [-0.39, 0.29) is 6.54 Å². The number of aromatic amines is 1. The van der Waals surface area contributed by atoms with Crippen LogP contribution in [0.3, 0.4) is 0 Å². The van der Waals surface area contributed by atoms with Crippen LogP contribution in [0.25, 0.3) is 0 Å². The minimum absolute atomic E-state index is 0.0685. The lowest BCUT2D eigenvalue weighted by Gasteiger charge is -2.11. The summed E-state index contributed by atoms with van der Waals surface area (Å²) in [5.74, 6) is -0.802. The molecule has 0 atom stereocenters. The molecule has 0 aliphatic carbocycles. The zero-order valence-corrected chi connectivity index (χ0v) is 6.95. The molecule has 0 radical (unpaired) electrons. The van der Waals surface area contributed by atoms with Gasteiger partial charge in [-0.25, -0.2) is 0 Å². The van der Waals surface area contributed by atoms with E-state index in [1.165, 1.54) is 0 Å². The van der Waals surface area contributed by atoms with E-state index >= 15 is 0 Å². The lowest BCUT2D eigenvalue weighted by Crippen LogP contribution is -2.25. The minimum atomic E-state index is -0.802. The van der Waals surface area contributed by atoms with Gasteiger partial charge in [-0.15, -0.1) is 0 Å². The van der Waals surface area contributed by atoms with Crippen molar-refractivity contribution < 1.29 is 9.90 Å². The van der Waals surface area contributed by atoms with E-state index < -0.39 is 5.97 Å². The number of hydrogen-bond donors (Lipinski definition) is 2. The van der Waals surface area contributed by atoms with Gasteiger partial charge in [0.05, 0.1) is 6.54 Å². The Morgan fingerprint density at radius 1 is 1.75 bits per heavy atom. The fourth-order valence-corrected chi connectivity index (χ4v) is 1.04. The third-order valence-corrected chi connectivity index (χ3v) is 1.51. The van der Waals surface area contributed by atoms with Crippen molar-refractivity contribution >= 4 is 5.97 Å². The first-order chi connectivity index (χ1) is 5.68. The summed E-state index contributed by atoms with van der Waals surface area (Å²) in [4.78, 5) is 15.0. The smallest absolute Gasteiger partial charge is 0.317 e. The lowest BCUT2D eigenvalue weighted by molar-refractivity contribution is -0.138. The molecule has 0 aliphatic heterocycles. The molecule has 0 bridgehead atoms. The molecule has 0 aromatic carbocycles. The Morgan fingerprint density at radius 3 is 3.00 bits per heavy atom. The van der Waals surface area contributed by atoms with Crippen LogP contribution in [-0.4, -0.2) is 34.6 Å². The maximum atomic E-state index is 10.3. The second-order valence-corrected chi connectivity index (χ2v) is 2.76.